The molecule has 1 atom stereocenters. The van der Waals surface area contributed by atoms with Gasteiger partial charge < -0.3 is 4.57 Å². The Morgan fingerprint density at radius 3 is 2.93 bits per heavy atom. The average Bonchev–Trinajstić information content (AvgIpc) is 2.79. The average molecular weight is 184 g/mol. The van der Waals surface area contributed by atoms with Crippen LogP contribution in [-0.2, 0) is 6.42 Å². The molecule has 1 aromatic heterocycles. The minimum Gasteiger partial charge on any atom is -0.327 e. The third-order valence-corrected chi connectivity index (χ3v) is 2.94. The molecule has 0 saturated carbocycles. The van der Waals surface area contributed by atoms with Gasteiger partial charge in [0.05, 0.1) is 12.4 Å². The van der Waals surface area contributed by atoms with E-state index in [2.05, 4.69) is 39.9 Å². The van der Waals surface area contributed by atoms with Crippen molar-refractivity contribution in [1.82, 2.24) is 9.55 Å². The lowest BCUT2D eigenvalue weighted by Gasteiger charge is -2.12. The Morgan fingerprint density at radius 2 is 2.07 bits per heavy atom. The minimum atomic E-state index is 0.508. The highest BCUT2D eigenvalue weighted by Crippen LogP contribution is 2.30. The number of imidazole rings is 1. The summed E-state index contributed by atoms with van der Waals surface area (Å²) >= 11 is 0. The van der Waals surface area contributed by atoms with Crippen molar-refractivity contribution in [2.75, 3.05) is 0 Å². The monoisotopic (exact) mass is 184 g/mol. The van der Waals surface area contributed by atoms with E-state index in [-0.39, 0.29) is 0 Å². The molecule has 2 nitrogen and oxygen atoms in total. The molecule has 0 spiro atoms. The topological polar surface area (TPSA) is 17.8 Å². The van der Waals surface area contributed by atoms with E-state index in [9.17, 15) is 0 Å². The summed E-state index contributed by atoms with van der Waals surface area (Å²) < 4.78 is 2.29. The number of aryl methyl sites for hydroxylation is 1. The zero-order chi connectivity index (χ0) is 9.38. The highest BCUT2D eigenvalue weighted by molar-refractivity contribution is 5.23. The molecule has 0 aliphatic carbocycles. The van der Waals surface area contributed by atoms with E-state index in [4.69, 9.17) is 0 Å². The van der Waals surface area contributed by atoms with Crippen LogP contribution in [-0.4, -0.2) is 9.55 Å². The smallest absolute Gasteiger partial charge is 0.0953 e. The summed E-state index contributed by atoms with van der Waals surface area (Å²) in [5.74, 6) is 0. The van der Waals surface area contributed by atoms with Gasteiger partial charge in [-0.2, -0.15) is 0 Å². The zero-order valence-corrected chi connectivity index (χ0v) is 7.93. The van der Waals surface area contributed by atoms with Crippen molar-refractivity contribution in [1.29, 1.82) is 0 Å². The van der Waals surface area contributed by atoms with Gasteiger partial charge in [-0.1, -0.05) is 30.3 Å². The van der Waals surface area contributed by atoms with Crippen LogP contribution >= 0.6 is 0 Å². The summed E-state index contributed by atoms with van der Waals surface area (Å²) in [6.07, 6.45) is 6.28. The highest BCUT2D eigenvalue weighted by Gasteiger charge is 2.22. The number of hydrogen-bond acceptors (Lipinski definition) is 1. The summed E-state index contributed by atoms with van der Waals surface area (Å²) in [4.78, 5) is 4.18. The van der Waals surface area contributed by atoms with Gasteiger partial charge in [0.1, 0.15) is 0 Å². The standard InChI is InChI=1S/C12H12N2/c1-2-4-10(5-3-1)12-7-6-11-8-13-9-14(11)12/h1-5,8-9,12H,6-7H2. The van der Waals surface area contributed by atoms with E-state index < -0.39 is 0 Å². The van der Waals surface area contributed by atoms with Crippen LogP contribution in [0.4, 0.5) is 0 Å². The summed E-state index contributed by atoms with van der Waals surface area (Å²) in [5.41, 5.74) is 2.75. The first-order valence-corrected chi connectivity index (χ1v) is 5.01. The third kappa shape index (κ3) is 1.07. The molecule has 0 bridgehead atoms. The van der Waals surface area contributed by atoms with Gasteiger partial charge in [-0.15, -0.1) is 0 Å². The molecule has 0 fully saturated rings. The number of aromatic nitrogens is 2. The van der Waals surface area contributed by atoms with Gasteiger partial charge in [-0.25, -0.2) is 4.98 Å². The van der Waals surface area contributed by atoms with E-state index >= 15 is 0 Å². The van der Waals surface area contributed by atoms with E-state index in [1.165, 1.54) is 17.7 Å². The normalized spacial score (nSPS) is 19.6. The first-order valence-electron chi connectivity index (χ1n) is 5.01. The Labute approximate surface area is 83.2 Å². The maximum atomic E-state index is 4.18. The molecule has 1 aliphatic heterocycles. The van der Waals surface area contributed by atoms with Crippen molar-refractivity contribution in [2.45, 2.75) is 18.9 Å². The molecule has 0 amide bonds. The van der Waals surface area contributed by atoms with E-state index in [0.717, 1.165) is 6.42 Å². The second-order valence-electron chi connectivity index (χ2n) is 3.76. The van der Waals surface area contributed by atoms with Crippen molar-refractivity contribution in [3.05, 3.63) is 54.1 Å². The lowest BCUT2D eigenvalue weighted by atomic mass is 10.1. The van der Waals surface area contributed by atoms with Gasteiger partial charge in [0.15, 0.2) is 0 Å². The summed E-state index contributed by atoms with van der Waals surface area (Å²) in [6.45, 7) is 0. The summed E-state index contributed by atoms with van der Waals surface area (Å²) in [7, 11) is 0. The molecule has 1 unspecified atom stereocenters. The number of rotatable bonds is 1. The molecular weight excluding hydrogens is 172 g/mol. The van der Waals surface area contributed by atoms with Crippen LogP contribution in [0.15, 0.2) is 42.9 Å². The Kier molecular flexibility index (Phi) is 1.66. The van der Waals surface area contributed by atoms with Gasteiger partial charge >= 0.3 is 0 Å². The molecule has 2 heterocycles. The van der Waals surface area contributed by atoms with Crippen molar-refractivity contribution < 1.29 is 0 Å². The Bertz CT molecular complexity index is 431. The second kappa shape index (κ2) is 2.98. The van der Waals surface area contributed by atoms with Crippen molar-refractivity contribution in [3.8, 4) is 0 Å². The zero-order valence-electron chi connectivity index (χ0n) is 7.93. The Balaban J connectivity index is 2.03. The van der Waals surface area contributed by atoms with Crippen LogP contribution < -0.4 is 0 Å². The quantitative estimate of drug-likeness (QED) is 0.665. The molecule has 0 saturated heterocycles. The molecule has 1 aliphatic rings. The number of benzene rings is 1. The summed E-state index contributed by atoms with van der Waals surface area (Å²) in [6, 6.07) is 11.2. The van der Waals surface area contributed by atoms with E-state index in [1.54, 1.807) is 0 Å². The van der Waals surface area contributed by atoms with Crippen molar-refractivity contribution in [3.63, 3.8) is 0 Å². The number of nitrogens with zero attached hydrogens (tertiary/aromatic N) is 2. The first-order chi connectivity index (χ1) is 6.95. The van der Waals surface area contributed by atoms with Gasteiger partial charge in [0.2, 0.25) is 0 Å². The molecular formula is C12H12N2. The third-order valence-electron chi connectivity index (χ3n) is 2.94. The van der Waals surface area contributed by atoms with E-state index in [1.807, 2.05) is 12.5 Å². The highest BCUT2D eigenvalue weighted by atomic mass is 15.1. The molecule has 14 heavy (non-hydrogen) atoms. The summed E-state index contributed by atoms with van der Waals surface area (Å²) in [5, 5.41) is 0. The molecule has 2 aromatic rings. The van der Waals surface area contributed by atoms with Crippen molar-refractivity contribution in [2.24, 2.45) is 0 Å². The molecule has 0 N–H and O–H groups in total. The predicted octanol–water partition coefficient (Wildman–Crippen LogP) is 2.42. The fourth-order valence-electron chi connectivity index (χ4n) is 2.23. The van der Waals surface area contributed by atoms with Crippen LogP contribution in [0.25, 0.3) is 0 Å². The van der Waals surface area contributed by atoms with Gasteiger partial charge in [-0.3, -0.25) is 0 Å². The molecule has 0 radical (unpaired) electrons. The predicted molar refractivity (Wildman–Crippen MR) is 55.1 cm³/mol. The van der Waals surface area contributed by atoms with Gasteiger partial charge in [0.25, 0.3) is 0 Å². The molecule has 70 valence electrons. The second-order valence-corrected chi connectivity index (χ2v) is 3.76. The van der Waals surface area contributed by atoms with Gasteiger partial charge in [-0.05, 0) is 18.4 Å². The Hall–Kier alpha value is -1.57. The van der Waals surface area contributed by atoms with Crippen LogP contribution in [0.5, 0.6) is 0 Å². The fraction of sp³-hybridized carbons (Fsp3) is 0.250. The first kappa shape index (κ1) is 7.80. The largest absolute Gasteiger partial charge is 0.327 e. The minimum absolute atomic E-state index is 0.508. The van der Waals surface area contributed by atoms with E-state index in [0.29, 0.717) is 6.04 Å². The molecule has 1 aromatic carbocycles. The number of hydrogen-bond donors (Lipinski definition) is 0. The van der Waals surface area contributed by atoms with Gasteiger partial charge in [0, 0.05) is 11.9 Å². The van der Waals surface area contributed by atoms with Crippen LogP contribution in [0.2, 0.25) is 0 Å². The van der Waals surface area contributed by atoms with Crippen LogP contribution in [0, 0.1) is 0 Å². The maximum Gasteiger partial charge on any atom is 0.0953 e. The number of fused-ring (bicyclic) bond motifs is 1. The van der Waals surface area contributed by atoms with Crippen LogP contribution in [0.3, 0.4) is 0 Å². The molecule has 2 heteroatoms. The Morgan fingerprint density at radius 1 is 1.21 bits per heavy atom. The van der Waals surface area contributed by atoms with Crippen molar-refractivity contribution >= 4 is 0 Å². The fourth-order valence-corrected chi connectivity index (χ4v) is 2.23. The lowest BCUT2D eigenvalue weighted by Crippen LogP contribution is -2.03. The maximum absolute atomic E-state index is 4.18. The SMILES string of the molecule is c1ccc(C2CCc3cncn32)cc1. The molecule has 3 rings (SSSR count). The van der Waals surface area contributed by atoms with Crippen LogP contribution in [0.1, 0.15) is 23.7 Å². The lowest BCUT2D eigenvalue weighted by molar-refractivity contribution is 0.616.